The number of carbonyl (C=O) groups excluding carboxylic acids is 2. The van der Waals surface area contributed by atoms with Gasteiger partial charge in [-0.2, -0.15) is 5.10 Å². The lowest BCUT2D eigenvalue weighted by atomic mass is 9.98. The third kappa shape index (κ3) is 7.35. The number of nitrogens with one attached hydrogen (secondary N) is 2. The number of halogens is 1. The maximum Gasteiger partial charge on any atom is 0.267 e. The van der Waals surface area contributed by atoms with E-state index in [9.17, 15) is 23.1 Å². The van der Waals surface area contributed by atoms with E-state index in [-0.39, 0.29) is 18.8 Å². The number of carbonyl (C=O) groups is 2. The van der Waals surface area contributed by atoms with E-state index in [1.165, 1.54) is 0 Å². The highest BCUT2D eigenvalue weighted by atomic mass is 35.5. The number of para-hydroxylation sites is 1. The monoisotopic (exact) mass is 693 g/mol. The molecule has 11 nitrogen and oxygen atoms in total. The van der Waals surface area contributed by atoms with Gasteiger partial charge in [-0.15, -0.1) is 0 Å². The van der Waals surface area contributed by atoms with Gasteiger partial charge in [-0.1, -0.05) is 29.8 Å². The number of nitrogens with zero attached hydrogens (tertiary/aromatic N) is 3. The minimum Gasteiger partial charge on any atom is -0.494 e. The Balaban J connectivity index is 1.41. The zero-order valence-corrected chi connectivity index (χ0v) is 29.3. The van der Waals surface area contributed by atoms with Gasteiger partial charge in [0.25, 0.3) is 5.91 Å². The molecule has 13 heteroatoms. The fourth-order valence-corrected chi connectivity index (χ4v) is 7.21. The van der Waals surface area contributed by atoms with Crippen LogP contribution in [0.25, 0.3) is 22.0 Å². The molecule has 0 aliphatic rings. The molecule has 0 unspecified atom stereocenters. The number of H-pyrrole nitrogens is 1. The van der Waals surface area contributed by atoms with Gasteiger partial charge in [-0.3, -0.25) is 14.3 Å². The van der Waals surface area contributed by atoms with Gasteiger partial charge in [0.05, 0.1) is 35.9 Å². The molecule has 0 atom stereocenters. The van der Waals surface area contributed by atoms with Crippen molar-refractivity contribution >= 4 is 44.0 Å². The Morgan fingerprint density at radius 2 is 1.81 bits per heavy atom. The molecule has 0 saturated heterocycles. The van der Waals surface area contributed by atoms with E-state index in [0.717, 1.165) is 33.3 Å². The number of benzene rings is 2. The molecule has 254 valence electrons. The van der Waals surface area contributed by atoms with Crippen LogP contribution < -0.4 is 10.1 Å². The number of ketones is 1. The Bertz CT molecular complexity index is 2090. The molecule has 5 rings (SSSR count). The summed E-state index contributed by atoms with van der Waals surface area (Å²) in [5.74, 6) is -1.39. The maximum absolute atomic E-state index is 13.8. The van der Waals surface area contributed by atoms with E-state index in [1.807, 2.05) is 51.1 Å². The van der Waals surface area contributed by atoms with Crippen LogP contribution in [0.2, 0.25) is 5.02 Å². The minimum absolute atomic E-state index is 0.130. The number of sulfone groups is 1. The molecule has 3 aromatic heterocycles. The summed E-state index contributed by atoms with van der Waals surface area (Å²) >= 11 is 6.31. The first-order chi connectivity index (χ1) is 22.8. The molecule has 0 aliphatic carbocycles. The van der Waals surface area contributed by atoms with E-state index in [1.54, 1.807) is 41.7 Å². The van der Waals surface area contributed by atoms with Gasteiger partial charge in [-0.05, 0) is 74.6 Å². The number of fused-ring (bicyclic) bond motifs is 1. The van der Waals surface area contributed by atoms with E-state index in [4.69, 9.17) is 16.3 Å². The summed E-state index contributed by atoms with van der Waals surface area (Å²) in [7, 11) is -0.363. The molecule has 48 heavy (non-hydrogen) atoms. The number of amides is 1. The molecular weight excluding hydrogens is 654 g/mol. The molecule has 0 radical (unpaired) electrons. The van der Waals surface area contributed by atoms with Crippen LogP contribution in [0.3, 0.4) is 0 Å². The molecule has 2 aromatic carbocycles. The zero-order valence-electron chi connectivity index (χ0n) is 27.7. The largest absolute Gasteiger partial charge is 0.494 e. The van der Waals surface area contributed by atoms with Crippen molar-refractivity contribution in [2.45, 2.75) is 40.2 Å². The predicted molar refractivity (Wildman–Crippen MR) is 187 cm³/mol. The fourth-order valence-electron chi connectivity index (χ4n) is 6.00. The first kappa shape index (κ1) is 34.9. The second-order valence-corrected chi connectivity index (χ2v) is 14.6. The first-order valence-corrected chi connectivity index (χ1v) is 17.8. The molecule has 0 fully saturated rings. The summed E-state index contributed by atoms with van der Waals surface area (Å²) in [5, 5.41) is 18.6. The third-order valence-electron chi connectivity index (χ3n) is 8.52. The molecule has 3 heterocycles. The van der Waals surface area contributed by atoms with Crippen molar-refractivity contribution in [1.29, 1.82) is 0 Å². The standard InChI is InChI=1S/C35H40ClN5O6S/c1-21-17-24(18-22(2)32(21)36)47-15-8-11-26-25-9-6-10-27(31-23(3)41(5)39-28(31)19-42)33(25)38-34(26)30(43)20-48(45,46)16-13-37-35(44)29-12-7-14-40(29)4/h6-7,9-10,12,14,17-18,38,42H,8,11,13,15-16,19-20H2,1-5H3,(H,37,44). The number of aromatic nitrogens is 4. The van der Waals surface area contributed by atoms with Crippen molar-refractivity contribution in [3.8, 4) is 16.9 Å². The lowest BCUT2D eigenvalue weighted by Gasteiger charge is -2.11. The van der Waals surface area contributed by atoms with Gasteiger partial charge in [0.15, 0.2) is 15.6 Å². The van der Waals surface area contributed by atoms with Crippen molar-refractivity contribution < 1.29 is 27.9 Å². The molecule has 0 spiro atoms. The fraction of sp³-hybridized carbons (Fsp3) is 0.343. The zero-order chi connectivity index (χ0) is 34.7. The van der Waals surface area contributed by atoms with Crippen LogP contribution in [-0.2, 0) is 37.0 Å². The molecular formula is C35H40ClN5O6S. The second kappa shape index (κ2) is 14.4. The van der Waals surface area contributed by atoms with Crippen molar-refractivity contribution in [3.63, 3.8) is 0 Å². The Labute approximate surface area is 284 Å². The number of aromatic amines is 1. The van der Waals surface area contributed by atoms with Gasteiger partial charge >= 0.3 is 0 Å². The van der Waals surface area contributed by atoms with Crippen LogP contribution in [0, 0.1) is 20.8 Å². The first-order valence-electron chi connectivity index (χ1n) is 15.6. The summed E-state index contributed by atoms with van der Waals surface area (Å²) in [4.78, 5) is 29.5. The van der Waals surface area contributed by atoms with E-state index in [2.05, 4.69) is 15.4 Å². The lowest BCUT2D eigenvalue weighted by molar-refractivity contribution is 0.0947. The lowest BCUT2D eigenvalue weighted by Crippen LogP contribution is -2.32. The van der Waals surface area contributed by atoms with Gasteiger partial charge in [0.2, 0.25) is 0 Å². The van der Waals surface area contributed by atoms with Crippen LogP contribution in [0.4, 0.5) is 0 Å². The molecule has 0 bridgehead atoms. The number of aliphatic hydroxyl groups excluding tert-OH is 1. The molecule has 5 aromatic rings. The Kier molecular flexibility index (Phi) is 10.5. The van der Waals surface area contributed by atoms with Crippen LogP contribution >= 0.6 is 11.6 Å². The van der Waals surface area contributed by atoms with Crippen LogP contribution in [0.5, 0.6) is 5.75 Å². The van der Waals surface area contributed by atoms with Crippen LogP contribution in [0.1, 0.15) is 55.5 Å². The SMILES string of the molecule is Cc1cc(OCCCc2c(C(=O)CS(=O)(=O)CCNC(=O)c3cccn3C)[nH]c3c(-c4c(CO)nn(C)c4C)cccc23)cc(C)c1Cl. The number of hydrogen-bond donors (Lipinski definition) is 3. The molecule has 0 aliphatic heterocycles. The third-order valence-corrected chi connectivity index (χ3v) is 10.6. The van der Waals surface area contributed by atoms with Gasteiger partial charge in [-0.25, -0.2) is 8.42 Å². The smallest absolute Gasteiger partial charge is 0.267 e. The van der Waals surface area contributed by atoms with Crippen molar-refractivity contribution in [3.05, 3.63) is 93.2 Å². The Morgan fingerprint density at radius 1 is 1.08 bits per heavy atom. The summed E-state index contributed by atoms with van der Waals surface area (Å²) in [6.07, 6.45) is 2.70. The molecule has 3 N–H and O–H groups in total. The molecule has 1 amide bonds. The number of hydrogen-bond acceptors (Lipinski definition) is 7. The van der Waals surface area contributed by atoms with Gasteiger partial charge in [0.1, 0.15) is 17.2 Å². The summed E-state index contributed by atoms with van der Waals surface area (Å²) in [6, 6.07) is 12.8. The van der Waals surface area contributed by atoms with Crippen molar-refractivity contribution in [2.75, 3.05) is 24.7 Å². The average Bonchev–Trinajstić information content (AvgIpc) is 3.72. The van der Waals surface area contributed by atoms with E-state index in [0.29, 0.717) is 52.7 Å². The number of rotatable bonds is 14. The Morgan fingerprint density at radius 3 is 2.48 bits per heavy atom. The minimum atomic E-state index is -3.88. The average molecular weight is 694 g/mol. The molecule has 0 saturated carbocycles. The number of aryl methyl sites for hydroxylation is 5. The highest BCUT2D eigenvalue weighted by molar-refractivity contribution is 7.92. The highest BCUT2D eigenvalue weighted by Crippen LogP contribution is 2.36. The Hall–Kier alpha value is -4.39. The van der Waals surface area contributed by atoms with Crippen LogP contribution in [0.15, 0.2) is 48.7 Å². The maximum atomic E-state index is 13.8. The predicted octanol–water partition coefficient (Wildman–Crippen LogP) is 5.02. The van der Waals surface area contributed by atoms with E-state index < -0.39 is 33.0 Å². The summed E-state index contributed by atoms with van der Waals surface area (Å²) in [6.45, 7) is 5.69. The van der Waals surface area contributed by atoms with Crippen molar-refractivity contribution in [2.24, 2.45) is 14.1 Å². The van der Waals surface area contributed by atoms with Crippen LogP contribution in [-0.4, -0.2) is 69.2 Å². The topological polar surface area (TPSA) is 148 Å². The number of aliphatic hydroxyl groups is 1. The number of Topliss-reactive ketones (excluding diaryl/α,β-unsaturated/α-hetero) is 1. The second-order valence-electron chi connectivity index (χ2n) is 12.0. The number of ether oxygens (including phenoxy) is 1. The van der Waals surface area contributed by atoms with Gasteiger partial charge in [0, 0.05) is 54.1 Å². The van der Waals surface area contributed by atoms with Crippen molar-refractivity contribution in [1.82, 2.24) is 24.6 Å². The summed E-state index contributed by atoms with van der Waals surface area (Å²) in [5.41, 5.74) is 6.59. The van der Waals surface area contributed by atoms with Gasteiger partial charge < -0.3 is 24.7 Å². The quantitative estimate of drug-likeness (QED) is 0.109. The highest BCUT2D eigenvalue weighted by Gasteiger charge is 2.26. The van der Waals surface area contributed by atoms with E-state index >= 15 is 0 Å². The normalized spacial score (nSPS) is 11.7. The summed E-state index contributed by atoms with van der Waals surface area (Å²) < 4.78 is 35.6.